The summed E-state index contributed by atoms with van der Waals surface area (Å²) in [4.78, 5) is 35.7. The molecule has 3 aromatic rings. The van der Waals surface area contributed by atoms with Crippen molar-refractivity contribution in [3.63, 3.8) is 0 Å². The first-order chi connectivity index (χ1) is 14.3. The Morgan fingerprint density at radius 3 is 1.87 bits per heavy atom. The molecule has 7 heteroatoms. The molecule has 152 valence electrons. The average Bonchev–Trinajstić information content (AvgIpc) is 2.79. The van der Waals surface area contributed by atoms with Gasteiger partial charge >= 0.3 is 5.97 Å². The van der Waals surface area contributed by atoms with Gasteiger partial charge in [0, 0.05) is 17.7 Å². The van der Waals surface area contributed by atoms with Gasteiger partial charge < -0.3 is 10.1 Å². The van der Waals surface area contributed by atoms with E-state index in [-0.39, 0.29) is 16.8 Å². The van der Waals surface area contributed by atoms with E-state index in [0.717, 1.165) is 23.3 Å². The molecule has 0 saturated heterocycles. The molecule has 0 aliphatic rings. The summed E-state index contributed by atoms with van der Waals surface area (Å²) in [5.41, 5.74) is 0.312. The minimum Gasteiger partial charge on any atom is -0.465 e. The summed E-state index contributed by atoms with van der Waals surface area (Å²) in [5.74, 6) is -1.32. The van der Waals surface area contributed by atoms with Gasteiger partial charge in [-0.05, 0) is 24.1 Å². The predicted octanol–water partition coefficient (Wildman–Crippen LogP) is 4.07. The molecule has 7 nitrogen and oxygen atoms in total. The quantitative estimate of drug-likeness (QED) is 0.379. The number of methoxy groups -OCH3 is 1. The van der Waals surface area contributed by atoms with E-state index in [1.807, 2.05) is 67.6 Å². The summed E-state index contributed by atoms with van der Waals surface area (Å²) in [6.45, 7) is 1.86. The van der Waals surface area contributed by atoms with Gasteiger partial charge in [0.05, 0.1) is 23.1 Å². The first-order valence-electron chi connectivity index (χ1n) is 9.16. The van der Waals surface area contributed by atoms with Gasteiger partial charge in [-0.3, -0.25) is 14.9 Å². The van der Waals surface area contributed by atoms with Crippen molar-refractivity contribution in [2.24, 2.45) is 0 Å². The highest BCUT2D eigenvalue weighted by Gasteiger charge is 2.31. The van der Waals surface area contributed by atoms with Crippen molar-refractivity contribution in [2.45, 2.75) is 12.5 Å². The molecule has 0 bridgehead atoms. The molecule has 0 spiro atoms. The van der Waals surface area contributed by atoms with Crippen molar-refractivity contribution in [3.8, 4) is 0 Å². The molecule has 0 fully saturated rings. The Balaban J connectivity index is 2.06. The first-order valence-corrected chi connectivity index (χ1v) is 9.16. The number of carbonyl (C=O) groups is 2. The lowest BCUT2D eigenvalue weighted by atomic mass is 9.84. The Kier molecular flexibility index (Phi) is 5.92. The van der Waals surface area contributed by atoms with Gasteiger partial charge in [0.15, 0.2) is 0 Å². The Bertz CT molecular complexity index is 1040. The number of amides is 1. The number of nitro groups is 1. The Hall–Kier alpha value is -4.00. The summed E-state index contributed by atoms with van der Waals surface area (Å²) >= 11 is 0. The van der Waals surface area contributed by atoms with Crippen LogP contribution in [0, 0.1) is 10.1 Å². The molecule has 1 N–H and O–H groups in total. The number of hydrogen-bond donors (Lipinski definition) is 1. The summed E-state index contributed by atoms with van der Waals surface area (Å²) < 4.78 is 4.65. The van der Waals surface area contributed by atoms with Gasteiger partial charge in [0.1, 0.15) is 0 Å². The normalized spacial score (nSPS) is 10.9. The maximum Gasteiger partial charge on any atom is 0.338 e. The van der Waals surface area contributed by atoms with Gasteiger partial charge in [-0.25, -0.2) is 4.79 Å². The second-order valence-corrected chi connectivity index (χ2v) is 6.83. The van der Waals surface area contributed by atoms with Crippen molar-refractivity contribution in [1.29, 1.82) is 0 Å². The van der Waals surface area contributed by atoms with Crippen LogP contribution in [-0.4, -0.2) is 23.9 Å². The molecular formula is C23H20N2O5. The van der Waals surface area contributed by atoms with Crippen LogP contribution < -0.4 is 5.32 Å². The van der Waals surface area contributed by atoms with Gasteiger partial charge in [-0.15, -0.1) is 0 Å². The van der Waals surface area contributed by atoms with Gasteiger partial charge in [0.2, 0.25) is 0 Å². The SMILES string of the molecule is COC(=O)c1cc(C(=O)NC(C)(c2ccccc2)c2ccccc2)cc([N+](=O)[O-])c1. The minimum absolute atomic E-state index is 0.0114. The zero-order valence-corrected chi connectivity index (χ0v) is 16.5. The highest BCUT2D eigenvalue weighted by molar-refractivity contribution is 5.99. The van der Waals surface area contributed by atoms with Crippen LogP contribution in [0.3, 0.4) is 0 Å². The lowest BCUT2D eigenvalue weighted by Gasteiger charge is -2.32. The standard InChI is InChI=1S/C23H20N2O5/c1-23(18-9-5-3-6-10-18,19-11-7-4-8-12-19)24-21(26)16-13-17(22(27)30-2)15-20(14-16)25(28)29/h3-15H,1-2H3,(H,24,26). The number of nitrogens with zero attached hydrogens (tertiary/aromatic N) is 1. The highest BCUT2D eigenvalue weighted by atomic mass is 16.6. The molecule has 3 rings (SSSR count). The van der Waals surface area contributed by atoms with Crippen molar-refractivity contribution in [1.82, 2.24) is 5.32 Å². The fourth-order valence-electron chi connectivity index (χ4n) is 3.24. The first kappa shape index (κ1) is 20.7. The molecular weight excluding hydrogens is 384 g/mol. The van der Waals surface area contributed by atoms with Crippen LogP contribution in [0.5, 0.6) is 0 Å². The van der Waals surface area contributed by atoms with Gasteiger partial charge in [0.25, 0.3) is 11.6 Å². The van der Waals surface area contributed by atoms with E-state index in [1.165, 1.54) is 13.2 Å². The maximum absolute atomic E-state index is 13.2. The zero-order chi connectivity index (χ0) is 21.7. The maximum atomic E-state index is 13.2. The van der Waals surface area contributed by atoms with Gasteiger partial charge in [-0.2, -0.15) is 0 Å². The molecule has 0 saturated carbocycles. The zero-order valence-electron chi connectivity index (χ0n) is 16.5. The predicted molar refractivity (Wildman–Crippen MR) is 111 cm³/mol. The highest BCUT2D eigenvalue weighted by Crippen LogP contribution is 2.30. The van der Waals surface area contributed by atoms with Gasteiger partial charge in [-0.1, -0.05) is 60.7 Å². The summed E-state index contributed by atoms with van der Waals surface area (Å²) in [7, 11) is 1.17. The van der Waals surface area contributed by atoms with E-state index < -0.39 is 22.3 Å². The van der Waals surface area contributed by atoms with Crippen LogP contribution in [0.2, 0.25) is 0 Å². The van der Waals surface area contributed by atoms with Crippen LogP contribution >= 0.6 is 0 Å². The molecule has 1 amide bonds. The monoisotopic (exact) mass is 404 g/mol. The minimum atomic E-state index is -0.907. The van der Waals surface area contributed by atoms with Crippen molar-refractivity contribution >= 4 is 17.6 Å². The fourth-order valence-corrected chi connectivity index (χ4v) is 3.24. The molecule has 0 aliphatic heterocycles. The van der Waals surface area contributed by atoms with E-state index >= 15 is 0 Å². The summed E-state index contributed by atoms with van der Waals surface area (Å²) in [6, 6.07) is 22.3. The Morgan fingerprint density at radius 2 is 1.40 bits per heavy atom. The number of nitrogens with one attached hydrogen (secondary N) is 1. The third-order valence-corrected chi connectivity index (χ3v) is 4.88. The number of nitro benzene ring substituents is 1. The molecule has 0 heterocycles. The van der Waals surface area contributed by atoms with Crippen molar-refractivity contribution in [3.05, 3.63) is 111 Å². The number of non-ortho nitro benzene ring substituents is 1. The average molecular weight is 404 g/mol. The largest absolute Gasteiger partial charge is 0.465 e. The molecule has 0 radical (unpaired) electrons. The topological polar surface area (TPSA) is 98.5 Å². The van der Waals surface area contributed by atoms with E-state index in [1.54, 1.807) is 0 Å². The van der Waals surface area contributed by atoms with Crippen LogP contribution in [0.25, 0.3) is 0 Å². The van der Waals surface area contributed by atoms with E-state index in [0.29, 0.717) is 0 Å². The third-order valence-electron chi connectivity index (χ3n) is 4.88. The Labute approximate surface area is 173 Å². The molecule has 0 atom stereocenters. The lowest BCUT2D eigenvalue weighted by molar-refractivity contribution is -0.384. The van der Waals surface area contributed by atoms with Crippen LogP contribution in [-0.2, 0) is 10.3 Å². The summed E-state index contributed by atoms with van der Waals surface area (Å²) in [5, 5.41) is 14.3. The molecule has 0 aliphatic carbocycles. The fraction of sp³-hybridized carbons (Fsp3) is 0.130. The van der Waals surface area contributed by atoms with Crippen LogP contribution in [0.4, 0.5) is 5.69 Å². The number of rotatable bonds is 6. The molecule has 3 aromatic carbocycles. The van der Waals surface area contributed by atoms with Crippen LogP contribution in [0.1, 0.15) is 38.8 Å². The number of hydrogen-bond acceptors (Lipinski definition) is 5. The second-order valence-electron chi connectivity index (χ2n) is 6.83. The number of ether oxygens (including phenoxy) is 1. The van der Waals surface area contributed by atoms with E-state index in [9.17, 15) is 19.7 Å². The smallest absolute Gasteiger partial charge is 0.338 e. The second kappa shape index (κ2) is 8.57. The molecule has 0 unspecified atom stereocenters. The van der Waals surface area contributed by atoms with E-state index in [4.69, 9.17) is 0 Å². The van der Waals surface area contributed by atoms with Crippen molar-refractivity contribution < 1.29 is 19.2 Å². The molecule has 30 heavy (non-hydrogen) atoms. The summed E-state index contributed by atoms with van der Waals surface area (Å²) in [6.07, 6.45) is 0. The Morgan fingerprint density at radius 1 is 0.900 bits per heavy atom. The number of esters is 1. The lowest BCUT2D eigenvalue weighted by Crippen LogP contribution is -2.44. The third kappa shape index (κ3) is 4.20. The molecule has 0 aromatic heterocycles. The van der Waals surface area contributed by atoms with E-state index in [2.05, 4.69) is 10.1 Å². The number of benzene rings is 3. The van der Waals surface area contributed by atoms with Crippen molar-refractivity contribution in [2.75, 3.05) is 7.11 Å². The van der Waals surface area contributed by atoms with Crippen LogP contribution in [0.15, 0.2) is 78.9 Å². The number of carbonyl (C=O) groups excluding carboxylic acids is 2.